The van der Waals surface area contributed by atoms with Crippen molar-refractivity contribution in [2.45, 2.75) is 12.8 Å². The molecule has 0 bridgehead atoms. The molecule has 0 aliphatic rings. The summed E-state index contributed by atoms with van der Waals surface area (Å²) in [6.07, 6.45) is 1.75. The van der Waals surface area contributed by atoms with E-state index in [-0.39, 0.29) is 0 Å². The Morgan fingerprint density at radius 3 is 2.40 bits per heavy atom. The van der Waals surface area contributed by atoms with E-state index in [1.54, 1.807) is 4.68 Å². The number of fused-ring (bicyclic) bond motifs is 1. The molecule has 0 amide bonds. The average Bonchev–Trinajstić information content (AvgIpc) is 3.11. The summed E-state index contributed by atoms with van der Waals surface area (Å²) >= 11 is 0. The third kappa shape index (κ3) is 2.67. The van der Waals surface area contributed by atoms with E-state index in [1.165, 1.54) is 5.56 Å². The Labute approximate surface area is 146 Å². The zero-order valence-corrected chi connectivity index (χ0v) is 14.5. The molecule has 0 radical (unpaired) electrons. The molecule has 2 aromatic carbocycles. The van der Waals surface area contributed by atoms with Gasteiger partial charge in [-0.05, 0) is 30.5 Å². The van der Waals surface area contributed by atoms with E-state index >= 15 is 0 Å². The summed E-state index contributed by atoms with van der Waals surface area (Å²) in [6.45, 7) is 0. The maximum Gasteiger partial charge on any atom is 0.146 e. The topological polar surface area (TPSA) is 61.7 Å². The molecule has 2 heterocycles. The van der Waals surface area contributed by atoms with Gasteiger partial charge < -0.3 is 10.3 Å². The van der Waals surface area contributed by atoms with Crippen LogP contribution in [0.1, 0.15) is 11.3 Å². The first-order valence-electron chi connectivity index (χ1n) is 8.42. The van der Waals surface area contributed by atoms with Crippen LogP contribution in [0.5, 0.6) is 0 Å². The van der Waals surface area contributed by atoms with Gasteiger partial charge in [-0.3, -0.25) is 4.68 Å². The second-order valence-corrected chi connectivity index (χ2v) is 6.30. The Morgan fingerprint density at radius 1 is 0.920 bits per heavy atom. The molecule has 25 heavy (non-hydrogen) atoms. The van der Waals surface area contributed by atoms with Gasteiger partial charge in [0.25, 0.3) is 0 Å². The lowest BCUT2D eigenvalue weighted by Gasteiger charge is -2.05. The minimum Gasteiger partial charge on any atom is -0.383 e. The van der Waals surface area contributed by atoms with Crippen LogP contribution in [-0.4, -0.2) is 19.3 Å². The number of nitrogens with zero attached hydrogens (tertiary/aromatic N) is 4. The summed E-state index contributed by atoms with van der Waals surface area (Å²) in [4.78, 5) is 4.80. The SMILES string of the molecule is Cn1nc(CCc2ccccc2)c(-c2nc3ccccc3n2C)c1N. The Balaban J connectivity index is 1.77. The van der Waals surface area contributed by atoms with Gasteiger partial charge in [0, 0.05) is 14.1 Å². The van der Waals surface area contributed by atoms with Gasteiger partial charge in [-0.15, -0.1) is 0 Å². The van der Waals surface area contributed by atoms with Gasteiger partial charge in [0.1, 0.15) is 11.6 Å². The van der Waals surface area contributed by atoms with Crippen LogP contribution < -0.4 is 5.73 Å². The van der Waals surface area contributed by atoms with Crippen molar-refractivity contribution in [3.63, 3.8) is 0 Å². The molecule has 5 heteroatoms. The number of anilines is 1. The summed E-state index contributed by atoms with van der Waals surface area (Å²) in [5, 5.41) is 4.65. The Kier molecular flexibility index (Phi) is 3.76. The third-order valence-corrected chi connectivity index (χ3v) is 4.67. The molecule has 2 N–H and O–H groups in total. The molecule has 0 unspecified atom stereocenters. The second-order valence-electron chi connectivity index (χ2n) is 6.30. The quantitative estimate of drug-likeness (QED) is 0.624. The van der Waals surface area contributed by atoms with Gasteiger partial charge >= 0.3 is 0 Å². The van der Waals surface area contributed by atoms with Crippen LogP contribution in [0.25, 0.3) is 22.4 Å². The zero-order chi connectivity index (χ0) is 17.4. The molecule has 0 atom stereocenters. The monoisotopic (exact) mass is 331 g/mol. The minimum atomic E-state index is 0.654. The molecule has 0 saturated carbocycles. The number of hydrogen-bond donors (Lipinski definition) is 1. The standard InChI is InChI=1S/C20H21N5/c1-24-17-11-7-6-10-15(17)22-20(24)18-16(23-25(2)19(18)21)13-12-14-8-4-3-5-9-14/h3-11H,12-13,21H2,1-2H3. The number of imidazole rings is 1. The van der Waals surface area contributed by atoms with Crippen molar-refractivity contribution in [1.82, 2.24) is 19.3 Å². The lowest BCUT2D eigenvalue weighted by molar-refractivity contribution is 0.745. The van der Waals surface area contributed by atoms with Gasteiger partial charge in [0.2, 0.25) is 0 Å². The fourth-order valence-electron chi connectivity index (χ4n) is 3.29. The van der Waals surface area contributed by atoms with Crippen molar-refractivity contribution in [3.05, 3.63) is 65.9 Å². The number of nitrogen functional groups attached to an aromatic ring is 1. The molecule has 5 nitrogen and oxygen atoms in total. The lowest BCUT2D eigenvalue weighted by Crippen LogP contribution is -2.00. The Morgan fingerprint density at radius 2 is 1.64 bits per heavy atom. The highest BCUT2D eigenvalue weighted by atomic mass is 15.3. The summed E-state index contributed by atoms with van der Waals surface area (Å²) in [5.74, 6) is 1.52. The lowest BCUT2D eigenvalue weighted by atomic mass is 10.1. The first-order valence-corrected chi connectivity index (χ1v) is 8.42. The first-order chi connectivity index (χ1) is 12.1. The number of nitrogens with two attached hydrogens (primary N) is 1. The molecule has 126 valence electrons. The summed E-state index contributed by atoms with van der Waals surface area (Å²) < 4.78 is 3.84. The van der Waals surface area contributed by atoms with Crippen LogP contribution in [0.3, 0.4) is 0 Å². The molecule has 0 aliphatic heterocycles. The highest BCUT2D eigenvalue weighted by Gasteiger charge is 2.20. The zero-order valence-electron chi connectivity index (χ0n) is 14.5. The number of rotatable bonds is 4. The minimum absolute atomic E-state index is 0.654. The van der Waals surface area contributed by atoms with E-state index in [4.69, 9.17) is 10.7 Å². The van der Waals surface area contributed by atoms with E-state index in [0.29, 0.717) is 5.82 Å². The number of aryl methyl sites for hydroxylation is 4. The molecule has 4 rings (SSSR count). The van der Waals surface area contributed by atoms with Crippen LogP contribution in [0, 0.1) is 0 Å². The van der Waals surface area contributed by atoms with Crippen molar-refractivity contribution in [3.8, 4) is 11.4 Å². The highest BCUT2D eigenvalue weighted by Crippen LogP contribution is 2.31. The first kappa shape index (κ1) is 15.4. The number of para-hydroxylation sites is 2. The summed E-state index contributed by atoms with van der Waals surface area (Å²) in [6, 6.07) is 18.6. The predicted octanol–water partition coefficient (Wildman–Crippen LogP) is 3.34. The maximum absolute atomic E-state index is 6.34. The Bertz CT molecular complexity index is 1030. The number of hydrogen-bond acceptors (Lipinski definition) is 3. The average molecular weight is 331 g/mol. The van der Waals surface area contributed by atoms with E-state index in [2.05, 4.69) is 40.0 Å². The van der Waals surface area contributed by atoms with Crippen molar-refractivity contribution in [1.29, 1.82) is 0 Å². The van der Waals surface area contributed by atoms with E-state index in [1.807, 2.05) is 38.4 Å². The molecule has 0 fully saturated rings. The van der Waals surface area contributed by atoms with Crippen molar-refractivity contribution >= 4 is 16.9 Å². The molecular weight excluding hydrogens is 310 g/mol. The smallest absolute Gasteiger partial charge is 0.146 e. The highest BCUT2D eigenvalue weighted by molar-refractivity contribution is 5.83. The van der Waals surface area contributed by atoms with Crippen molar-refractivity contribution < 1.29 is 0 Å². The predicted molar refractivity (Wildman–Crippen MR) is 101 cm³/mol. The van der Waals surface area contributed by atoms with Crippen LogP contribution in [-0.2, 0) is 26.9 Å². The summed E-state index contributed by atoms with van der Waals surface area (Å²) in [5.41, 5.74) is 11.6. The molecule has 0 spiro atoms. The maximum atomic E-state index is 6.34. The van der Waals surface area contributed by atoms with Crippen LogP contribution in [0.15, 0.2) is 54.6 Å². The van der Waals surface area contributed by atoms with E-state index < -0.39 is 0 Å². The molecule has 2 aromatic heterocycles. The third-order valence-electron chi connectivity index (χ3n) is 4.67. The molecule has 0 aliphatic carbocycles. The number of aromatic nitrogens is 4. The normalized spacial score (nSPS) is 11.3. The van der Waals surface area contributed by atoms with E-state index in [9.17, 15) is 0 Å². The summed E-state index contributed by atoms with van der Waals surface area (Å²) in [7, 11) is 3.91. The fourth-order valence-corrected chi connectivity index (χ4v) is 3.29. The van der Waals surface area contributed by atoms with Gasteiger partial charge in [-0.2, -0.15) is 5.10 Å². The molecule has 4 aromatic rings. The van der Waals surface area contributed by atoms with Gasteiger partial charge in [0.15, 0.2) is 0 Å². The van der Waals surface area contributed by atoms with Crippen LogP contribution in [0.2, 0.25) is 0 Å². The largest absolute Gasteiger partial charge is 0.383 e. The second kappa shape index (κ2) is 6.09. The van der Waals surface area contributed by atoms with E-state index in [0.717, 1.165) is 41.0 Å². The van der Waals surface area contributed by atoms with Crippen LogP contribution >= 0.6 is 0 Å². The molecular formula is C20H21N5. The Hall–Kier alpha value is -3.08. The number of benzene rings is 2. The van der Waals surface area contributed by atoms with Crippen molar-refractivity contribution in [2.75, 3.05) is 5.73 Å². The van der Waals surface area contributed by atoms with Crippen LogP contribution in [0.4, 0.5) is 5.82 Å². The fraction of sp³-hybridized carbons (Fsp3) is 0.200. The van der Waals surface area contributed by atoms with Crippen molar-refractivity contribution in [2.24, 2.45) is 14.1 Å². The molecule has 0 saturated heterocycles. The van der Waals surface area contributed by atoms with Gasteiger partial charge in [-0.1, -0.05) is 42.5 Å². The van der Waals surface area contributed by atoms with Gasteiger partial charge in [0.05, 0.1) is 22.3 Å². The van der Waals surface area contributed by atoms with Gasteiger partial charge in [-0.25, -0.2) is 4.98 Å².